The van der Waals surface area contributed by atoms with Gasteiger partial charge in [-0.25, -0.2) is 18.0 Å². The molecule has 2 rings (SSSR count). The minimum atomic E-state index is -3.90. The number of carbonyl (C=O) groups is 2. The maximum Gasteiger partial charge on any atom is 0.337 e. The van der Waals surface area contributed by atoms with Crippen LogP contribution in [0, 0.1) is 0 Å². The Morgan fingerprint density at radius 2 is 1.46 bits per heavy atom. The van der Waals surface area contributed by atoms with Crippen LogP contribution in [-0.4, -0.2) is 76.0 Å². The molecule has 1 fully saturated rings. The zero-order chi connectivity index (χ0) is 19.6. The summed E-state index contributed by atoms with van der Waals surface area (Å²) in [6.45, 7) is 4.70. The second kappa shape index (κ2) is 7.73. The minimum absolute atomic E-state index is 0.0243. The number of esters is 2. The van der Waals surface area contributed by atoms with Crippen LogP contribution in [0.5, 0.6) is 0 Å². The molecule has 0 N–H and O–H groups in total. The van der Waals surface area contributed by atoms with Gasteiger partial charge in [0.15, 0.2) is 0 Å². The van der Waals surface area contributed by atoms with Crippen molar-refractivity contribution in [2.45, 2.75) is 30.8 Å². The third-order valence-electron chi connectivity index (χ3n) is 4.88. The zero-order valence-corrected chi connectivity index (χ0v) is 16.4. The van der Waals surface area contributed by atoms with E-state index in [2.05, 4.69) is 14.4 Å². The Morgan fingerprint density at radius 3 is 1.92 bits per heavy atom. The van der Waals surface area contributed by atoms with Crippen molar-refractivity contribution in [2.75, 3.05) is 34.4 Å². The summed E-state index contributed by atoms with van der Waals surface area (Å²) in [4.78, 5) is 25.8. The number of hydrogen-bond donors (Lipinski definition) is 0. The van der Waals surface area contributed by atoms with E-state index in [1.165, 1.54) is 36.7 Å². The minimum Gasteiger partial charge on any atom is -0.465 e. The average molecular weight is 384 g/mol. The Labute approximate surface area is 153 Å². The fraction of sp³-hybridized carbons (Fsp3) is 0.529. The van der Waals surface area contributed by atoms with E-state index in [1.54, 1.807) is 0 Å². The lowest BCUT2D eigenvalue weighted by molar-refractivity contribution is 0.0598. The summed E-state index contributed by atoms with van der Waals surface area (Å²) < 4.78 is 37.1. The van der Waals surface area contributed by atoms with Gasteiger partial charge in [-0.15, -0.1) is 0 Å². The second-order valence-corrected chi connectivity index (χ2v) is 8.20. The van der Waals surface area contributed by atoms with E-state index in [9.17, 15) is 18.0 Å². The topological polar surface area (TPSA) is 93.2 Å². The van der Waals surface area contributed by atoms with E-state index < -0.39 is 22.0 Å². The zero-order valence-electron chi connectivity index (χ0n) is 15.6. The summed E-state index contributed by atoms with van der Waals surface area (Å²) >= 11 is 0. The number of piperazine rings is 1. The monoisotopic (exact) mass is 384 g/mol. The van der Waals surface area contributed by atoms with Gasteiger partial charge >= 0.3 is 11.9 Å². The summed E-state index contributed by atoms with van der Waals surface area (Å²) in [5.41, 5.74) is -0.0485. The predicted molar refractivity (Wildman–Crippen MR) is 94.6 cm³/mol. The van der Waals surface area contributed by atoms with Gasteiger partial charge in [-0.2, -0.15) is 4.31 Å². The van der Waals surface area contributed by atoms with Gasteiger partial charge in [-0.05, 0) is 39.1 Å². The SMILES string of the molecule is COC(=O)c1cc(C(=O)OC)cc(S(=O)(=O)N2CCN(C)C(C)C2C)c1. The largest absolute Gasteiger partial charge is 0.465 e. The number of likely N-dealkylation sites (N-methyl/N-ethyl adjacent to an activating group) is 1. The second-order valence-electron chi connectivity index (χ2n) is 6.31. The Kier molecular flexibility index (Phi) is 6.05. The molecule has 0 aromatic heterocycles. The van der Waals surface area contributed by atoms with E-state index in [1.807, 2.05) is 20.9 Å². The number of benzene rings is 1. The Bertz CT molecular complexity index is 773. The lowest BCUT2D eigenvalue weighted by Gasteiger charge is -2.42. The van der Waals surface area contributed by atoms with E-state index in [-0.39, 0.29) is 28.1 Å². The van der Waals surface area contributed by atoms with Gasteiger partial charge in [0, 0.05) is 25.2 Å². The quantitative estimate of drug-likeness (QED) is 0.714. The van der Waals surface area contributed by atoms with Crippen LogP contribution in [0.2, 0.25) is 0 Å². The standard InChI is InChI=1S/C17H24N2O6S/c1-11-12(2)19(7-6-18(11)3)26(22,23)15-9-13(16(20)24-4)8-14(10-15)17(21)25-5/h8-12H,6-7H2,1-5H3. The van der Waals surface area contributed by atoms with E-state index in [4.69, 9.17) is 0 Å². The molecule has 0 spiro atoms. The Hall–Kier alpha value is -1.97. The molecule has 1 saturated heterocycles. The fourth-order valence-electron chi connectivity index (χ4n) is 2.97. The average Bonchev–Trinajstić information content (AvgIpc) is 2.64. The molecule has 0 radical (unpaired) electrons. The predicted octanol–water partition coefficient (Wildman–Crippen LogP) is 0.973. The molecular formula is C17H24N2O6S. The maximum atomic E-state index is 13.2. The number of nitrogens with zero attached hydrogens (tertiary/aromatic N) is 2. The lowest BCUT2D eigenvalue weighted by atomic mass is 10.1. The molecule has 1 aromatic carbocycles. The van der Waals surface area contributed by atoms with Crippen molar-refractivity contribution in [3.8, 4) is 0 Å². The van der Waals surface area contributed by atoms with Crippen LogP contribution in [0.3, 0.4) is 0 Å². The molecule has 2 atom stereocenters. The third-order valence-corrected chi connectivity index (χ3v) is 6.84. The highest BCUT2D eigenvalue weighted by Crippen LogP contribution is 2.26. The van der Waals surface area contributed by atoms with Crippen molar-refractivity contribution in [2.24, 2.45) is 0 Å². The van der Waals surface area contributed by atoms with Gasteiger partial charge in [0.25, 0.3) is 0 Å². The molecule has 1 aliphatic rings. The first-order valence-electron chi connectivity index (χ1n) is 8.17. The van der Waals surface area contributed by atoms with Crippen LogP contribution in [0.1, 0.15) is 34.6 Å². The highest BCUT2D eigenvalue weighted by atomic mass is 32.2. The lowest BCUT2D eigenvalue weighted by Crippen LogP contribution is -2.57. The molecule has 26 heavy (non-hydrogen) atoms. The number of sulfonamides is 1. The van der Waals surface area contributed by atoms with E-state index in [0.29, 0.717) is 13.1 Å². The normalized spacial score (nSPS) is 22.0. The molecule has 2 unspecified atom stereocenters. The number of methoxy groups -OCH3 is 2. The van der Waals surface area contributed by atoms with Crippen LogP contribution in [0.25, 0.3) is 0 Å². The molecule has 144 valence electrons. The molecule has 1 aromatic rings. The van der Waals surface area contributed by atoms with Gasteiger partial charge in [-0.3, -0.25) is 0 Å². The highest BCUT2D eigenvalue weighted by Gasteiger charge is 2.37. The number of hydrogen-bond acceptors (Lipinski definition) is 7. The van der Waals surface area contributed by atoms with Gasteiger partial charge in [0.05, 0.1) is 30.2 Å². The van der Waals surface area contributed by atoms with Gasteiger partial charge in [-0.1, -0.05) is 0 Å². The van der Waals surface area contributed by atoms with Crippen LogP contribution in [-0.2, 0) is 19.5 Å². The smallest absolute Gasteiger partial charge is 0.337 e. The Balaban J connectivity index is 2.54. The van der Waals surface area contributed by atoms with Crippen LogP contribution < -0.4 is 0 Å². The van der Waals surface area contributed by atoms with Gasteiger partial charge < -0.3 is 14.4 Å². The first kappa shape index (κ1) is 20.3. The summed E-state index contributed by atoms with van der Waals surface area (Å²) in [6, 6.07) is 3.48. The molecule has 0 amide bonds. The van der Waals surface area contributed by atoms with E-state index in [0.717, 1.165) is 0 Å². The molecule has 1 aliphatic heterocycles. The maximum absolute atomic E-state index is 13.2. The molecular weight excluding hydrogens is 360 g/mol. The highest BCUT2D eigenvalue weighted by molar-refractivity contribution is 7.89. The Morgan fingerprint density at radius 1 is 0.962 bits per heavy atom. The van der Waals surface area contributed by atoms with Crippen LogP contribution >= 0.6 is 0 Å². The molecule has 0 saturated carbocycles. The number of carbonyl (C=O) groups excluding carboxylic acids is 2. The molecule has 0 bridgehead atoms. The number of ether oxygens (including phenoxy) is 2. The molecule has 0 aliphatic carbocycles. The molecule has 8 nitrogen and oxygen atoms in total. The van der Waals surface area contributed by atoms with Crippen molar-refractivity contribution < 1.29 is 27.5 Å². The van der Waals surface area contributed by atoms with Crippen LogP contribution in [0.4, 0.5) is 0 Å². The number of rotatable bonds is 4. The summed E-state index contributed by atoms with van der Waals surface area (Å²) in [5, 5.41) is 0. The first-order chi connectivity index (χ1) is 12.1. The van der Waals surface area contributed by atoms with Crippen LogP contribution in [0.15, 0.2) is 23.1 Å². The van der Waals surface area contributed by atoms with Crippen molar-refractivity contribution in [3.05, 3.63) is 29.3 Å². The van der Waals surface area contributed by atoms with Crippen molar-refractivity contribution in [1.29, 1.82) is 0 Å². The van der Waals surface area contributed by atoms with Crippen molar-refractivity contribution >= 4 is 22.0 Å². The summed E-state index contributed by atoms with van der Waals surface area (Å²) in [6.07, 6.45) is 0. The van der Waals surface area contributed by atoms with Gasteiger partial charge in [0.1, 0.15) is 0 Å². The molecule has 1 heterocycles. The first-order valence-corrected chi connectivity index (χ1v) is 9.61. The third kappa shape index (κ3) is 3.74. The van der Waals surface area contributed by atoms with E-state index >= 15 is 0 Å². The fourth-order valence-corrected chi connectivity index (χ4v) is 4.72. The van der Waals surface area contributed by atoms with Crippen molar-refractivity contribution in [1.82, 2.24) is 9.21 Å². The molecule has 9 heteroatoms. The summed E-state index contributed by atoms with van der Waals surface area (Å²) in [7, 11) is 0.410. The van der Waals surface area contributed by atoms with Gasteiger partial charge in [0.2, 0.25) is 10.0 Å². The van der Waals surface area contributed by atoms with Crippen molar-refractivity contribution in [3.63, 3.8) is 0 Å². The summed E-state index contributed by atoms with van der Waals surface area (Å²) in [5.74, 6) is -1.46.